The molecule has 34 heavy (non-hydrogen) atoms. The van der Waals surface area contributed by atoms with E-state index in [9.17, 15) is 18.8 Å². The molecule has 1 N–H and O–H groups in total. The van der Waals surface area contributed by atoms with Crippen molar-refractivity contribution in [2.24, 2.45) is 0 Å². The lowest BCUT2D eigenvalue weighted by molar-refractivity contribution is -0.115. The average molecular weight is 482 g/mol. The lowest BCUT2D eigenvalue weighted by atomic mass is 10.1. The SMILES string of the molecule is CCOC(=O)c1nn(-c2cccc(F)c2)c(=O)c2c(NC(=O)Cc3cccc(OC)c3)scc12. The van der Waals surface area contributed by atoms with Crippen LogP contribution in [0, 0.1) is 5.82 Å². The molecule has 0 fully saturated rings. The number of carbonyl (C=O) groups is 2. The number of carbonyl (C=O) groups excluding carboxylic acids is 2. The molecule has 10 heteroatoms. The molecule has 174 valence electrons. The summed E-state index contributed by atoms with van der Waals surface area (Å²) >= 11 is 1.09. The van der Waals surface area contributed by atoms with Crippen LogP contribution in [0.25, 0.3) is 16.5 Å². The van der Waals surface area contributed by atoms with Gasteiger partial charge in [0.15, 0.2) is 5.69 Å². The average Bonchev–Trinajstić information content (AvgIpc) is 3.23. The van der Waals surface area contributed by atoms with Crippen molar-refractivity contribution in [3.63, 3.8) is 0 Å². The zero-order valence-electron chi connectivity index (χ0n) is 18.3. The molecule has 0 aliphatic heterocycles. The molecule has 0 aliphatic rings. The first-order chi connectivity index (χ1) is 16.4. The van der Waals surface area contributed by atoms with Crippen molar-refractivity contribution in [2.75, 3.05) is 19.0 Å². The van der Waals surface area contributed by atoms with Crippen molar-refractivity contribution in [1.29, 1.82) is 0 Å². The summed E-state index contributed by atoms with van der Waals surface area (Å²) in [5.41, 5.74) is 0.151. The van der Waals surface area contributed by atoms with E-state index < -0.39 is 17.3 Å². The van der Waals surface area contributed by atoms with Crippen molar-refractivity contribution >= 4 is 39.0 Å². The van der Waals surface area contributed by atoms with Gasteiger partial charge in [0.25, 0.3) is 5.56 Å². The Balaban J connectivity index is 1.78. The zero-order valence-corrected chi connectivity index (χ0v) is 19.1. The third kappa shape index (κ3) is 4.67. The molecule has 0 atom stereocenters. The molecule has 0 bridgehead atoms. The second kappa shape index (κ2) is 9.84. The highest BCUT2D eigenvalue weighted by Gasteiger charge is 2.23. The van der Waals surface area contributed by atoms with E-state index in [4.69, 9.17) is 9.47 Å². The summed E-state index contributed by atoms with van der Waals surface area (Å²) in [6.07, 6.45) is 0.0461. The summed E-state index contributed by atoms with van der Waals surface area (Å²) in [5, 5.41) is 9.06. The number of anilines is 1. The summed E-state index contributed by atoms with van der Waals surface area (Å²) in [4.78, 5) is 38.7. The van der Waals surface area contributed by atoms with E-state index in [2.05, 4.69) is 10.4 Å². The standard InChI is InChI=1S/C24H20FN3O5S/c1-3-33-24(31)21-18-13-34-22(26-19(29)11-14-6-4-9-17(10-14)32-2)20(18)23(30)28(27-21)16-8-5-7-15(25)12-16/h4-10,12-13H,3,11H2,1-2H3,(H,26,29). The Morgan fingerprint density at radius 1 is 1.18 bits per heavy atom. The second-order valence-electron chi connectivity index (χ2n) is 7.20. The maximum atomic E-state index is 13.8. The Morgan fingerprint density at radius 3 is 2.71 bits per heavy atom. The maximum absolute atomic E-state index is 13.8. The highest BCUT2D eigenvalue weighted by molar-refractivity contribution is 7.16. The van der Waals surface area contributed by atoms with Crippen LogP contribution in [-0.2, 0) is 16.0 Å². The number of hydrogen-bond acceptors (Lipinski definition) is 7. The molecule has 2 aromatic heterocycles. The van der Waals surface area contributed by atoms with E-state index >= 15 is 0 Å². The monoisotopic (exact) mass is 481 g/mol. The highest BCUT2D eigenvalue weighted by Crippen LogP contribution is 2.31. The molecule has 0 saturated heterocycles. The van der Waals surface area contributed by atoms with Gasteiger partial charge in [-0.25, -0.2) is 9.18 Å². The van der Waals surface area contributed by atoms with Crippen LogP contribution >= 0.6 is 11.3 Å². The van der Waals surface area contributed by atoms with Crippen molar-refractivity contribution in [2.45, 2.75) is 13.3 Å². The van der Waals surface area contributed by atoms with Gasteiger partial charge in [-0.15, -0.1) is 11.3 Å². The quantitative estimate of drug-likeness (QED) is 0.401. The fraction of sp³-hybridized carbons (Fsp3) is 0.167. The fourth-order valence-corrected chi connectivity index (χ4v) is 4.37. The minimum atomic E-state index is -0.732. The van der Waals surface area contributed by atoms with Crippen LogP contribution in [0.3, 0.4) is 0 Å². The Labute approximate surface area is 197 Å². The lowest BCUT2D eigenvalue weighted by Crippen LogP contribution is -2.26. The third-order valence-corrected chi connectivity index (χ3v) is 5.82. The van der Waals surface area contributed by atoms with Gasteiger partial charge in [-0.3, -0.25) is 9.59 Å². The second-order valence-corrected chi connectivity index (χ2v) is 8.08. The number of esters is 1. The van der Waals surface area contributed by atoms with Crippen LogP contribution in [0.2, 0.25) is 0 Å². The third-order valence-electron chi connectivity index (χ3n) is 4.93. The number of hydrogen-bond donors (Lipinski definition) is 1. The summed E-state index contributed by atoms with van der Waals surface area (Å²) in [6, 6.07) is 12.4. The minimum Gasteiger partial charge on any atom is -0.497 e. The Kier molecular flexibility index (Phi) is 6.69. The van der Waals surface area contributed by atoms with E-state index in [-0.39, 0.29) is 46.1 Å². The smallest absolute Gasteiger partial charge is 0.359 e. The molecular weight excluding hydrogens is 461 g/mol. The van der Waals surface area contributed by atoms with Gasteiger partial charge in [-0.2, -0.15) is 9.78 Å². The summed E-state index contributed by atoms with van der Waals surface area (Å²) in [7, 11) is 1.54. The van der Waals surface area contributed by atoms with Crippen LogP contribution < -0.4 is 15.6 Å². The minimum absolute atomic E-state index is 0.0461. The number of halogens is 1. The van der Waals surface area contributed by atoms with Crippen molar-refractivity contribution in [3.05, 3.63) is 81.3 Å². The largest absolute Gasteiger partial charge is 0.497 e. The number of nitrogens with zero attached hydrogens (tertiary/aromatic N) is 2. The number of thiophene rings is 1. The molecule has 0 saturated carbocycles. The zero-order chi connectivity index (χ0) is 24.2. The number of benzene rings is 2. The Hall–Kier alpha value is -4.05. The number of rotatable bonds is 7. The summed E-state index contributed by atoms with van der Waals surface area (Å²) in [6.45, 7) is 1.75. The molecule has 0 radical (unpaired) electrons. The topological polar surface area (TPSA) is 99.5 Å². The van der Waals surface area contributed by atoms with Crippen LogP contribution in [0.4, 0.5) is 9.39 Å². The van der Waals surface area contributed by atoms with Crippen molar-refractivity contribution < 1.29 is 23.5 Å². The predicted octanol–water partition coefficient (Wildman–Crippen LogP) is 3.95. The van der Waals surface area contributed by atoms with Crippen molar-refractivity contribution in [3.8, 4) is 11.4 Å². The number of methoxy groups -OCH3 is 1. The summed E-state index contributed by atoms with van der Waals surface area (Å²) < 4.78 is 25.0. The molecule has 2 aromatic carbocycles. The molecule has 0 aliphatic carbocycles. The van der Waals surface area contributed by atoms with Gasteiger partial charge in [0.1, 0.15) is 16.6 Å². The molecule has 8 nitrogen and oxygen atoms in total. The highest BCUT2D eigenvalue weighted by atomic mass is 32.1. The van der Waals surface area contributed by atoms with E-state index in [0.717, 1.165) is 27.6 Å². The van der Waals surface area contributed by atoms with Crippen LogP contribution in [0.15, 0.2) is 58.7 Å². The van der Waals surface area contributed by atoms with Crippen molar-refractivity contribution in [1.82, 2.24) is 9.78 Å². The van der Waals surface area contributed by atoms with Gasteiger partial charge in [-0.05, 0) is 42.8 Å². The Morgan fingerprint density at radius 2 is 1.97 bits per heavy atom. The van der Waals surface area contributed by atoms with E-state index in [0.29, 0.717) is 5.75 Å². The van der Waals surface area contributed by atoms with Gasteiger partial charge in [0.2, 0.25) is 5.91 Å². The normalized spacial score (nSPS) is 10.8. The molecule has 4 rings (SSSR count). The van der Waals surface area contributed by atoms with Crippen LogP contribution in [0.5, 0.6) is 5.75 Å². The van der Waals surface area contributed by atoms with Gasteiger partial charge < -0.3 is 14.8 Å². The van der Waals surface area contributed by atoms with E-state index in [1.165, 1.54) is 25.3 Å². The van der Waals surface area contributed by atoms with Gasteiger partial charge in [0, 0.05) is 10.8 Å². The maximum Gasteiger partial charge on any atom is 0.359 e. The number of ether oxygens (including phenoxy) is 2. The number of nitrogens with one attached hydrogen (secondary N) is 1. The molecule has 4 aromatic rings. The molecule has 0 spiro atoms. The first kappa shape index (κ1) is 23.1. The number of aromatic nitrogens is 2. The molecule has 1 amide bonds. The molecular formula is C24H20FN3O5S. The molecule has 0 unspecified atom stereocenters. The first-order valence-electron chi connectivity index (χ1n) is 10.3. The van der Waals surface area contributed by atoms with E-state index in [1.807, 2.05) is 0 Å². The number of fused-ring (bicyclic) bond motifs is 1. The van der Waals surface area contributed by atoms with Crippen LogP contribution in [-0.4, -0.2) is 35.4 Å². The summed E-state index contributed by atoms with van der Waals surface area (Å²) in [5.74, 6) is -1.04. The van der Waals surface area contributed by atoms with Gasteiger partial charge in [-0.1, -0.05) is 18.2 Å². The van der Waals surface area contributed by atoms with Crippen LogP contribution in [0.1, 0.15) is 23.0 Å². The predicted molar refractivity (Wildman–Crippen MR) is 126 cm³/mol. The number of amides is 1. The lowest BCUT2D eigenvalue weighted by Gasteiger charge is -2.10. The Bertz CT molecular complexity index is 1450. The first-order valence-corrected chi connectivity index (χ1v) is 11.2. The molecule has 2 heterocycles. The fourth-order valence-electron chi connectivity index (χ4n) is 3.41. The van der Waals surface area contributed by atoms with Gasteiger partial charge in [0.05, 0.1) is 31.2 Å². The van der Waals surface area contributed by atoms with E-state index in [1.54, 1.807) is 36.6 Å². The van der Waals surface area contributed by atoms with Gasteiger partial charge >= 0.3 is 5.97 Å².